The first-order chi connectivity index (χ1) is 10.1. The predicted octanol–water partition coefficient (Wildman–Crippen LogP) is 2.77. The Bertz CT molecular complexity index is 523. The Kier molecular flexibility index (Phi) is 3.98. The van der Waals surface area contributed by atoms with Crippen LogP contribution in [0.5, 0.6) is 0 Å². The number of piperidine rings is 2. The van der Waals surface area contributed by atoms with Crippen LogP contribution in [0.4, 0.5) is 4.39 Å². The molecule has 0 saturated carbocycles. The lowest BCUT2D eigenvalue weighted by Gasteiger charge is -2.47. The first-order valence-corrected chi connectivity index (χ1v) is 7.81. The van der Waals surface area contributed by atoms with Gasteiger partial charge in [-0.1, -0.05) is 6.07 Å². The molecule has 21 heavy (non-hydrogen) atoms. The van der Waals surface area contributed by atoms with Gasteiger partial charge >= 0.3 is 0 Å². The summed E-state index contributed by atoms with van der Waals surface area (Å²) >= 11 is 0. The summed E-state index contributed by atoms with van der Waals surface area (Å²) in [4.78, 5) is 16.7. The third-order valence-corrected chi connectivity index (χ3v) is 5.04. The molecule has 2 fully saturated rings. The van der Waals surface area contributed by atoms with E-state index in [2.05, 4.69) is 11.9 Å². The second kappa shape index (κ2) is 5.76. The quantitative estimate of drug-likeness (QED) is 0.794. The summed E-state index contributed by atoms with van der Waals surface area (Å²) in [5.74, 6) is -0.378. The molecule has 2 heterocycles. The summed E-state index contributed by atoms with van der Waals surface area (Å²) in [6, 6.07) is 6.01. The number of halogens is 1. The van der Waals surface area contributed by atoms with E-state index in [0.717, 1.165) is 32.5 Å². The Morgan fingerprint density at radius 2 is 1.95 bits per heavy atom. The molecule has 0 N–H and O–H groups in total. The van der Waals surface area contributed by atoms with Crippen molar-refractivity contribution in [1.29, 1.82) is 0 Å². The molecule has 3 nitrogen and oxygen atoms in total. The van der Waals surface area contributed by atoms with E-state index in [4.69, 9.17) is 0 Å². The highest BCUT2D eigenvalue weighted by Gasteiger charge is 2.38. The zero-order valence-corrected chi connectivity index (χ0v) is 12.6. The van der Waals surface area contributed by atoms with E-state index in [-0.39, 0.29) is 11.7 Å². The van der Waals surface area contributed by atoms with Crippen molar-refractivity contribution in [1.82, 2.24) is 9.80 Å². The topological polar surface area (TPSA) is 23.6 Å². The fourth-order valence-corrected chi connectivity index (χ4v) is 3.85. The minimum atomic E-state index is -0.344. The maximum absolute atomic E-state index is 13.2. The molecule has 0 aliphatic carbocycles. The number of benzene rings is 1. The van der Waals surface area contributed by atoms with E-state index in [1.165, 1.54) is 31.5 Å². The molecule has 114 valence electrons. The predicted molar refractivity (Wildman–Crippen MR) is 80.7 cm³/mol. The van der Waals surface area contributed by atoms with Gasteiger partial charge in [0.1, 0.15) is 5.82 Å². The zero-order valence-electron chi connectivity index (χ0n) is 12.6. The number of hydrogen-bond acceptors (Lipinski definition) is 2. The maximum Gasteiger partial charge on any atom is 0.253 e. The number of amides is 1. The summed E-state index contributed by atoms with van der Waals surface area (Å²) in [6.07, 6.45) is 4.67. The van der Waals surface area contributed by atoms with E-state index in [0.29, 0.717) is 11.0 Å². The van der Waals surface area contributed by atoms with Crippen molar-refractivity contribution in [2.45, 2.75) is 25.7 Å². The highest BCUT2D eigenvalue weighted by Crippen LogP contribution is 2.39. The number of carbonyl (C=O) groups is 1. The molecule has 1 amide bonds. The van der Waals surface area contributed by atoms with Crippen molar-refractivity contribution in [3.63, 3.8) is 0 Å². The molecule has 0 atom stereocenters. The van der Waals surface area contributed by atoms with E-state index in [1.807, 2.05) is 4.90 Å². The normalized spacial score (nSPS) is 22.5. The van der Waals surface area contributed by atoms with Crippen molar-refractivity contribution in [2.24, 2.45) is 5.41 Å². The molecule has 3 rings (SSSR count). The van der Waals surface area contributed by atoms with Crippen LogP contribution in [0.2, 0.25) is 0 Å². The van der Waals surface area contributed by atoms with Crippen LogP contribution in [0.1, 0.15) is 36.0 Å². The molecule has 0 radical (unpaired) electrons. The van der Waals surface area contributed by atoms with E-state index in [9.17, 15) is 9.18 Å². The minimum absolute atomic E-state index is 0.0338. The standard InChI is InChI=1S/C17H23FN2O/c1-19-9-3-6-17(13-19)7-10-20(11-8-17)16(21)14-4-2-5-15(18)12-14/h2,4-5,12H,3,6-11,13H2,1H3. The zero-order chi connectivity index (χ0) is 14.9. The number of likely N-dealkylation sites (tertiary alicyclic amines) is 2. The van der Waals surface area contributed by atoms with Crippen molar-refractivity contribution in [2.75, 3.05) is 33.2 Å². The van der Waals surface area contributed by atoms with Crippen LogP contribution in [0, 0.1) is 11.2 Å². The van der Waals surface area contributed by atoms with Gasteiger partial charge in [0, 0.05) is 25.2 Å². The van der Waals surface area contributed by atoms with Crippen LogP contribution in [0.3, 0.4) is 0 Å². The molecule has 2 saturated heterocycles. The van der Waals surface area contributed by atoms with Gasteiger partial charge in [-0.3, -0.25) is 4.79 Å². The van der Waals surface area contributed by atoms with Gasteiger partial charge < -0.3 is 9.80 Å². The molecule has 1 aromatic carbocycles. The Hall–Kier alpha value is -1.42. The first kappa shape index (κ1) is 14.5. The van der Waals surface area contributed by atoms with E-state index >= 15 is 0 Å². The van der Waals surface area contributed by atoms with Crippen LogP contribution >= 0.6 is 0 Å². The molecule has 0 aromatic heterocycles. The molecule has 0 bridgehead atoms. The SMILES string of the molecule is CN1CCCC2(CCN(C(=O)c3cccc(F)c3)CC2)C1. The third-order valence-electron chi connectivity index (χ3n) is 5.04. The molecule has 4 heteroatoms. The van der Waals surface area contributed by atoms with Gasteiger partial charge in [-0.05, 0) is 62.9 Å². The van der Waals surface area contributed by atoms with Crippen LogP contribution in [-0.4, -0.2) is 48.9 Å². The van der Waals surface area contributed by atoms with Crippen molar-refractivity contribution in [3.8, 4) is 0 Å². The fourth-order valence-electron chi connectivity index (χ4n) is 3.85. The van der Waals surface area contributed by atoms with Gasteiger partial charge in [0.2, 0.25) is 0 Å². The third kappa shape index (κ3) is 3.10. The average Bonchev–Trinajstić information content (AvgIpc) is 2.47. The first-order valence-electron chi connectivity index (χ1n) is 7.81. The van der Waals surface area contributed by atoms with Gasteiger partial charge in [0.15, 0.2) is 0 Å². The number of hydrogen-bond donors (Lipinski definition) is 0. The van der Waals surface area contributed by atoms with Gasteiger partial charge in [-0.15, -0.1) is 0 Å². The molecular weight excluding hydrogens is 267 g/mol. The average molecular weight is 290 g/mol. The molecular formula is C17H23FN2O. The molecule has 1 aromatic rings. The Morgan fingerprint density at radius 3 is 2.62 bits per heavy atom. The number of rotatable bonds is 1. The number of nitrogens with zero attached hydrogens (tertiary/aromatic N) is 2. The monoisotopic (exact) mass is 290 g/mol. The number of carbonyl (C=O) groups excluding carboxylic acids is 1. The lowest BCUT2D eigenvalue weighted by atomic mass is 9.72. The summed E-state index contributed by atoms with van der Waals surface area (Å²) in [5, 5.41) is 0. The van der Waals surface area contributed by atoms with E-state index in [1.54, 1.807) is 12.1 Å². The highest BCUT2D eigenvalue weighted by atomic mass is 19.1. The molecule has 0 unspecified atom stereocenters. The Labute approximate surface area is 125 Å². The summed E-state index contributed by atoms with van der Waals surface area (Å²) in [6.45, 7) is 3.93. The fraction of sp³-hybridized carbons (Fsp3) is 0.588. The van der Waals surface area contributed by atoms with Crippen LogP contribution < -0.4 is 0 Å². The largest absolute Gasteiger partial charge is 0.339 e. The smallest absolute Gasteiger partial charge is 0.253 e. The van der Waals surface area contributed by atoms with Gasteiger partial charge in [0.05, 0.1) is 0 Å². The maximum atomic E-state index is 13.2. The Balaban J connectivity index is 1.64. The highest BCUT2D eigenvalue weighted by molar-refractivity contribution is 5.94. The summed E-state index contributed by atoms with van der Waals surface area (Å²) in [5.41, 5.74) is 0.859. The van der Waals surface area contributed by atoms with E-state index < -0.39 is 0 Å². The van der Waals surface area contributed by atoms with Crippen molar-refractivity contribution < 1.29 is 9.18 Å². The van der Waals surface area contributed by atoms with Crippen LogP contribution in [-0.2, 0) is 0 Å². The molecule has 1 spiro atoms. The summed E-state index contributed by atoms with van der Waals surface area (Å²) < 4.78 is 13.2. The minimum Gasteiger partial charge on any atom is -0.339 e. The van der Waals surface area contributed by atoms with Crippen LogP contribution in [0.25, 0.3) is 0 Å². The van der Waals surface area contributed by atoms with Crippen molar-refractivity contribution >= 4 is 5.91 Å². The molecule has 2 aliphatic rings. The van der Waals surface area contributed by atoms with Gasteiger partial charge in [0.25, 0.3) is 5.91 Å². The Morgan fingerprint density at radius 1 is 1.19 bits per heavy atom. The lowest BCUT2D eigenvalue weighted by Crippen LogP contribution is -2.49. The van der Waals surface area contributed by atoms with Crippen molar-refractivity contribution in [3.05, 3.63) is 35.6 Å². The van der Waals surface area contributed by atoms with Gasteiger partial charge in [-0.2, -0.15) is 0 Å². The summed E-state index contributed by atoms with van der Waals surface area (Å²) in [7, 11) is 2.19. The second-order valence-electron chi connectivity index (χ2n) is 6.64. The second-order valence-corrected chi connectivity index (χ2v) is 6.64. The van der Waals surface area contributed by atoms with Gasteiger partial charge in [-0.25, -0.2) is 4.39 Å². The van der Waals surface area contributed by atoms with Crippen LogP contribution in [0.15, 0.2) is 24.3 Å². The molecule has 2 aliphatic heterocycles. The lowest BCUT2D eigenvalue weighted by molar-refractivity contribution is 0.0297.